The van der Waals surface area contributed by atoms with Crippen LogP contribution in [-0.2, 0) is 9.47 Å². The summed E-state index contributed by atoms with van der Waals surface area (Å²) >= 11 is 6.35. The summed E-state index contributed by atoms with van der Waals surface area (Å²) in [5.41, 5.74) is 1.68. The van der Waals surface area contributed by atoms with E-state index in [2.05, 4.69) is 10.4 Å². The number of thiocarbonyl (C=S) groups is 1. The third kappa shape index (κ3) is 3.40. The molecule has 0 saturated heterocycles. The molecule has 0 fully saturated rings. The molecule has 0 aliphatic heterocycles. The fraction of sp³-hybridized carbons (Fsp3) is 0.286. The predicted octanol–water partition coefficient (Wildman–Crippen LogP) is 2.38. The average Bonchev–Trinajstić information content (AvgIpc) is 3.10. The molecule has 0 spiro atoms. The maximum atomic E-state index is 12.0. The molecule has 0 aliphatic rings. The molecule has 0 saturated carbocycles. The van der Waals surface area contributed by atoms with Crippen molar-refractivity contribution in [3.05, 3.63) is 34.0 Å². The van der Waals surface area contributed by atoms with Crippen LogP contribution < -0.4 is 5.32 Å². The summed E-state index contributed by atoms with van der Waals surface area (Å²) in [4.78, 5) is 24.2. The van der Waals surface area contributed by atoms with Crippen LogP contribution in [-0.4, -0.2) is 41.1 Å². The first kappa shape index (κ1) is 17.1. The molecule has 1 N–H and O–H groups in total. The van der Waals surface area contributed by atoms with E-state index in [4.69, 9.17) is 21.7 Å². The van der Waals surface area contributed by atoms with Crippen LogP contribution in [0.15, 0.2) is 12.4 Å². The summed E-state index contributed by atoms with van der Waals surface area (Å²) < 4.78 is 11.0. The van der Waals surface area contributed by atoms with E-state index < -0.39 is 11.9 Å². The fourth-order valence-electron chi connectivity index (χ4n) is 1.92. The number of esters is 2. The number of hydrogen-bond acceptors (Lipinski definition) is 7. The van der Waals surface area contributed by atoms with Crippen LogP contribution in [0.3, 0.4) is 0 Å². The minimum Gasteiger partial charge on any atom is -0.465 e. The van der Waals surface area contributed by atoms with Crippen LogP contribution in [0.4, 0.5) is 5.00 Å². The third-order valence-corrected chi connectivity index (χ3v) is 4.52. The molecule has 2 rings (SSSR count). The van der Waals surface area contributed by atoms with Gasteiger partial charge in [0, 0.05) is 6.20 Å². The highest BCUT2D eigenvalue weighted by molar-refractivity contribution is 7.80. The molecule has 0 radical (unpaired) electrons. The molecule has 2 aromatic heterocycles. The second kappa shape index (κ2) is 6.88. The maximum Gasteiger partial charge on any atom is 0.348 e. The Balaban J connectivity index is 2.42. The maximum absolute atomic E-state index is 12.0. The van der Waals surface area contributed by atoms with E-state index in [1.807, 2.05) is 6.92 Å². The van der Waals surface area contributed by atoms with Crippen LogP contribution >= 0.6 is 23.6 Å². The first-order valence-electron chi connectivity index (χ1n) is 6.51. The van der Waals surface area contributed by atoms with Crippen molar-refractivity contribution in [3.63, 3.8) is 0 Å². The summed E-state index contributed by atoms with van der Waals surface area (Å²) in [6, 6.07) is 0. The SMILES string of the molecule is COC(=O)c1sc(NC(=S)n2cc(C)cn2)c(C(=O)OC)c1C. The first-order chi connectivity index (χ1) is 10.9. The molecular weight excluding hydrogens is 338 g/mol. The molecule has 7 nitrogen and oxygen atoms in total. The highest BCUT2D eigenvalue weighted by atomic mass is 32.1. The van der Waals surface area contributed by atoms with Gasteiger partial charge in [-0.05, 0) is 37.2 Å². The van der Waals surface area contributed by atoms with Crippen molar-refractivity contribution in [1.29, 1.82) is 0 Å². The normalized spacial score (nSPS) is 10.3. The monoisotopic (exact) mass is 353 g/mol. The zero-order chi connectivity index (χ0) is 17.1. The number of aromatic nitrogens is 2. The highest BCUT2D eigenvalue weighted by Gasteiger charge is 2.26. The van der Waals surface area contributed by atoms with Crippen LogP contribution in [0.5, 0.6) is 0 Å². The van der Waals surface area contributed by atoms with Crippen molar-refractivity contribution in [3.8, 4) is 0 Å². The highest BCUT2D eigenvalue weighted by Crippen LogP contribution is 2.34. The summed E-state index contributed by atoms with van der Waals surface area (Å²) in [6.07, 6.45) is 3.41. The number of thiophene rings is 1. The lowest BCUT2D eigenvalue weighted by Gasteiger charge is -2.08. The van der Waals surface area contributed by atoms with E-state index in [0.717, 1.165) is 16.9 Å². The summed E-state index contributed by atoms with van der Waals surface area (Å²) in [7, 11) is 2.56. The summed E-state index contributed by atoms with van der Waals surface area (Å²) in [6.45, 7) is 3.54. The molecule has 0 unspecified atom stereocenters. The Kier molecular flexibility index (Phi) is 5.12. The number of ether oxygens (including phenoxy) is 2. The van der Waals surface area contributed by atoms with Gasteiger partial charge in [0.2, 0.25) is 0 Å². The number of nitrogens with one attached hydrogen (secondary N) is 1. The van der Waals surface area contributed by atoms with Gasteiger partial charge in [0.25, 0.3) is 0 Å². The second-order valence-electron chi connectivity index (χ2n) is 4.64. The van der Waals surface area contributed by atoms with Gasteiger partial charge in [-0.1, -0.05) is 0 Å². The van der Waals surface area contributed by atoms with E-state index in [0.29, 0.717) is 15.4 Å². The minimum atomic E-state index is -0.559. The van der Waals surface area contributed by atoms with E-state index in [1.54, 1.807) is 19.3 Å². The van der Waals surface area contributed by atoms with Crippen molar-refractivity contribution in [2.45, 2.75) is 13.8 Å². The number of methoxy groups -OCH3 is 2. The lowest BCUT2D eigenvalue weighted by Crippen LogP contribution is -2.20. The van der Waals surface area contributed by atoms with E-state index in [-0.39, 0.29) is 10.7 Å². The minimum absolute atomic E-state index is 0.254. The number of aryl methyl sites for hydroxylation is 1. The topological polar surface area (TPSA) is 82.5 Å². The quantitative estimate of drug-likeness (QED) is 0.670. The molecule has 0 bridgehead atoms. The fourth-order valence-corrected chi connectivity index (χ4v) is 3.29. The zero-order valence-corrected chi connectivity index (χ0v) is 14.6. The molecule has 0 atom stereocenters. The second-order valence-corrected chi connectivity index (χ2v) is 6.04. The third-order valence-electron chi connectivity index (χ3n) is 3.05. The number of carbonyl (C=O) groups excluding carboxylic acids is 2. The van der Waals surface area contributed by atoms with Gasteiger partial charge in [0.1, 0.15) is 9.88 Å². The number of hydrogen-bond donors (Lipinski definition) is 1. The largest absolute Gasteiger partial charge is 0.465 e. The lowest BCUT2D eigenvalue weighted by molar-refractivity contribution is 0.0601. The zero-order valence-electron chi connectivity index (χ0n) is 13.0. The molecule has 0 amide bonds. The Morgan fingerprint density at radius 1 is 1.26 bits per heavy atom. The Bertz CT molecular complexity index is 779. The van der Waals surface area contributed by atoms with Crippen molar-refractivity contribution in [2.75, 3.05) is 19.5 Å². The number of carbonyl (C=O) groups is 2. The van der Waals surface area contributed by atoms with Gasteiger partial charge < -0.3 is 14.8 Å². The smallest absolute Gasteiger partial charge is 0.348 e. The van der Waals surface area contributed by atoms with Crippen LogP contribution in [0, 0.1) is 13.8 Å². The van der Waals surface area contributed by atoms with Crippen molar-refractivity contribution < 1.29 is 19.1 Å². The van der Waals surface area contributed by atoms with Gasteiger partial charge in [0.15, 0.2) is 5.11 Å². The summed E-state index contributed by atoms with van der Waals surface area (Å²) in [5.74, 6) is -1.08. The molecule has 23 heavy (non-hydrogen) atoms. The van der Waals surface area contributed by atoms with Crippen molar-refractivity contribution in [2.24, 2.45) is 0 Å². The van der Waals surface area contributed by atoms with Gasteiger partial charge in [0.05, 0.1) is 26.0 Å². The van der Waals surface area contributed by atoms with Crippen LogP contribution in [0.2, 0.25) is 0 Å². The first-order valence-corrected chi connectivity index (χ1v) is 7.74. The van der Waals surface area contributed by atoms with Gasteiger partial charge in [-0.2, -0.15) is 5.10 Å². The molecule has 2 aromatic rings. The predicted molar refractivity (Wildman–Crippen MR) is 90.3 cm³/mol. The summed E-state index contributed by atoms with van der Waals surface area (Å²) in [5, 5.41) is 7.72. The van der Waals surface area contributed by atoms with Gasteiger partial charge in [-0.25, -0.2) is 14.3 Å². The van der Waals surface area contributed by atoms with E-state index >= 15 is 0 Å². The van der Waals surface area contributed by atoms with E-state index in [9.17, 15) is 9.59 Å². The molecule has 2 heterocycles. The lowest BCUT2D eigenvalue weighted by atomic mass is 10.1. The average molecular weight is 353 g/mol. The molecule has 0 aromatic carbocycles. The van der Waals surface area contributed by atoms with Crippen LogP contribution in [0.1, 0.15) is 31.2 Å². The Hall–Kier alpha value is -2.26. The van der Waals surface area contributed by atoms with Crippen molar-refractivity contribution >= 4 is 45.6 Å². The number of rotatable bonds is 3. The van der Waals surface area contributed by atoms with Gasteiger partial charge >= 0.3 is 11.9 Å². The Labute approximate surface area is 142 Å². The van der Waals surface area contributed by atoms with E-state index in [1.165, 1.54) is 18.9 Å². The molecule has 0 aliphatic carbocycles. The standard InChI is InChI=1S/C14H15N3O4S2/c1-7-5-15-17(6-7)14(22)16-11-9(12(18)20-3)8(2)10(23-11)13(19)21-4/h5-6H,1-4H3,(H,16,22). The van der Waals surface area contributed by atoms with Crippen LogP contribution in [0.25, 0.3) is 0 Å². The molecule has 122 valence electrons. The number of anilines is 1. The Morgan fingerprint density at radius 3 is 2.43 bits per heavy atom. The molecular formula is C14H15N3O4S2. The van der Waals surface area contributed by atoms with Gasteiger partial charge in [-0.3, -0.25) is 0 Å². The van der Waals surface area contributed by atoms with Crippen molar-refractivity contribution in [1.82, 2.24) is 9.78 Å². The number of nitrogens with zero attached hydrogens (tertiary/aromatic N) is 2. The Morgan fingerprint density at radius 2 is 1.91 bits per heavy atom. The van der Waals surface area contributed by atoms with Gasteiger partial charge in [-0.15, -0.1) is 11.3 Å². The molecule has 9 heteroatoms.